The summed E-state index contributed by atoms with van der Waals surface area (Å²) in [5.41, 5.74) is -1.81. The van der Waals surface area contributed by atoms with Crippen molar-refractivity contribution >= 4 is 17.8 Å². The second-order valence-electron chi connectivity index (χ2n) is 4.28. The van der Waals surface area contributed by atoms with E-state index in [-0.39, 0.29) is 5.56 Å². The van der Waals surface area contributed by atoms with Crippen LogP contribution in [0.2, 0.25) is 0 Å². The summed E-state index contributed by atoms with van der Waals surface area (Å²) in [6.07, 6.45) is 0. The van der Waals surface area contributed by atoms with Gasteiger partial charge in [0.2, 0.25) is 0 Å². The van der Waals surface area contributed by atoms with E-state index in [1.165, 1.54) is 12.1 Å². The maximum atomic E-state index is 12.0. The number of hydrogen-bond donors (Lipinski definition) is 2. The fourth-order valence-electron chi connectivity index (χ4n) is 1.47. The first-order chi connectivity index (χ1) is 10.4. The zero-order valence-electron chi connectivity index (χ0n) is 12.0. The van der Waals surface area contributed by atoms with Crippen molar-refractivity contribution in [2.45, 2.75) is 12.6 Å². The summed E-state index contributed by atoms with van der Waals surface area (Å²) in [6, 6.07) is 7.99. The molecule has 0 spiro atoms. The summed E-state index contributed by atoms with van der Waals surface area (Å²) >= 11 is 0. The Morgan fingerprint density at radius 3 is 2.41 bits per heavy atom. The van der Waals surface area contributed by atoms with Crippen molar-refractivity contribution in [3.8, 4) is 0 Å². The monoisotopic (exact) mass is 309 g/mol. The lowest BCUT2D eigenvalue weighted by molar-refractivity contribution is -0.151. The second kappa shape index (κ2) is 7.72. The van der Waals surface area contributed by atoms with Crippen LogP contribution in [0.1, 0.15) is 17.3 Å². The second-order valence-corrected chi connectivity index (χ2v) is 4.28. The molecule has 0 fully saturated rings. The van der Waals surface area contributed by atoms with Crippen LogP contribution in [0.4, 0.5) is 0 Å². The molecule has 118 valence electrons. The molecule has 0 aliphatic heterocycles. The predicted molar refractivity (Wildman–Crippen MR) is 74.2 cm³/mol. The van der Waals surface area contributed by atoms with Crippen LogP contribution in [0.25, 0.3) is 0 Å². The van der Waals surface area contributed by atoms with Crippen molar-refractivity contribution in [1.82, 2.24) is 10.6 Å². The molecule has 0 saturated carbocycles. The number of esters is 1. The lowest BCUT2D eigenvalue weighted by Crippen LogP contribution is -2.58. The van der Waals surface area contributed by atoms with Crippen LogP contribution in [0, 0.1) is 4.91 Å². The minimum Gasteiger partial charge on any atom is -0.468 e. The molecule has 2 amide bonds. The molecule has 0 aliphatic rings. The number of hydrogen-bond acceptors (Lipinski definition) is 7. The van der Waals surface area contributed by atoms with Crippen LogP contribution in [0.15, 0.2) is 35.7 Å². The standard InChI is InChI=1S/C13H15N3O6/c1-13(22-16-20,12(19)14-8-10(17)21-2)15-11(18)9-6-4-3-5-7-9/h3-7H,8H2,1-2H3,(H,14,19)(H,15,18)/t13-/m1/s1. The number of carbonyl (C=O) groups excluding carboxylic acids is 3. The largest absolute Gasteiger partial charge is 0.468 e. The highest BCUT2D eigenvalue weighted by Gasteiger charge is 2.39. The molecular weight excluding hydrogens is 294 g/mol. The summed E-state index contributed by atoms with van der Waals surface area (Å²) in [6.45, 7) is 0.677. The third kappa shape index (κ3) is 4.54. The summed E-state index contributed by atoms with van der Waals surface area (Å²) in [4.78, 5) is 49.8. The average molecular weight is 309 g/mol. The van der Waals surface area contributed by atoms with Crippen molar-refractivity contribution in [3.63, 3.8) is 0 Å². The van der Waals surface area contributed by atoms with Crippen LogP contribution >= 0.6 is 0 Å². The van der Waals surface area contributed by atoms with Crippen LogP contribution in [-0.2, 0) is 19.2 Å². The van der Waals surface area contributed by atoms with Gasteiger partial charge >= 0.3 is 5.97 Å². The minimum absolute atomic E-state index is 0.254. The molecule has 22 heavy (non-hydrogen) atoms. The normalized spacial score (nSPS) is 12.5. The van der Waals surface area contributed by atoms with Gasteiger partial charge in [-0.2, -0.15) is 0 Å². The number of nitrogens with one attached hydrogen (secondary N) is 2. The molecule has 0 heterocycles. The molecule has 0 aromatic heterocycles. The molecule has 0 saturated heterocycles. The maximum absolute atomic E-state index is 12.0. The summed E-state index contributed by atoms with van der Waals surface area (Å²) in [7, 11) is 1.15. The van der Waals surface area contributed by atoms with Gasteiger partial charge in [-0.05, 0) is 12.1 Å². The summed E-state index contributed by atoms with van der Waals surface area (Å²) < 4.78 is 4.36. The van der Waals surface area contributed by atoms with Gasteiger partial charge in [0.1, 0.15) is 6.54 Å². The summed E-state index contributed by atoms with van der Waals surface area (Å²) in [5.74, 6) is -2.29. The maximum Gasteiger partial charge on any atom is 0.325 e. The molecule has 1 aromatic carbocycles. The Hall–Kier alpha value is -2.97. The Morgan fingerprint density at radius 1 is 1.23 bits per heavy atom. The van der Waals surface area contributed by atoms with E-state index in [9.17, 15) is 19.3 Å². The van der Waals surface area contributed by atoms with Crippen molar-refractivity contribution < 1.29 is 24.0 Å². The lowest BCUT2D eigenvalue weighted by atomic mass is 10.1. The fraction of sp³-hybridized carbons (Fsp3) is 0.308. The van der Waals surface area contributed by atoms with Crippen LogP contribution < -0.4 is 10.6 Å². The van der Waals surface area contributed by atoms with E-state index in [1.54, 1.807) is 18.2 Å². The van der Waals surface area contributed by atoms with Gasteiger partial charge in [-0.3, -0.25) is 14.4 Å². The van der Waals surface area contributed by atoms with Gasteiger partial charge in [0.05, 0.1) is 7.11 Å². The van der Waals surface area contributed by atoms with Gasteiger partial charge in [-0.25, -0.2) is 0 Å². The van der Waals surface area contributed by atoms with Gasteiger partial charge in [0.25, 0.3) is 17.5 Å². The van der Waals surface area contributed by atoms with E-state index in [0.29, 0.717) is 0 Å². The SMILES string of the molecule is COC(=O)CNC(=O)[C@](C)(NC(=O)c1ccccc1)ON=O. The predicted octanol–water partition coefficient (Wildman–Crippen LogP) is 0.120. The van der Waals surface area contributed by atoms with E-state index in [0.717, 1.165) is 14.0 Å². The number of carbonyl (C=O) groups is 3. The zero-order valence-corrected chi connectivity index (χ0v) is 12.0. The minimum atomic E-state index is -2.07. The van der Waals surface area contributed by atoms with Crippen molar-refractivity contribution in [2.75, 3.05) is 13.7 Å². The van der Waals surface area contributed by atoms with E-state index < -0.39 is 30.1 Å². The van der Waals surface area contributed by atoms with Crippen LogP contribution in [-0.4, -0.2) is 37.2 Å². The molecule has 1 atom stereocenters. The first-order valence-electron chi connectivity index (χ1n) is 6.16. The number of benzene rings is 1. The van der Waals surface area contributed by atoms with E-state index in [4.69, 9.17) is 0 Å². The highest BCUT2D eigenvalue weighted by Crippen LogP contribution is 2.09. The highest BCUT2D eigenvalue weighted by atomic mass is 16.7. The molecule has 2 N–H and O–H groups in total. The zero-order chi connectivity index (χ0) is 16.6. The fourth-order valence-corrected chi connectivity index (χ4v) is 1.47. The number of nitrogens with zero attached hydrogens (tertiary/aromatic N) is 1. The number of amides is 2. The lowest BCUT2D eigenvalue weighted by Gasteiger charge is -2.25. The molecule has 0 bridgehead atoms. The Balaban J connectivity index is 2.81. The third-order valence-corrected chi connectivity index (χ3v) is 2.66. The van der Waals surface area contributed by atoms with Gasteiger partial charge in [0.15, 0.2) is 5.34 Å². The summed E-state index contributed by atoms with van der Waals surface area (Å²) in [5, 5.41) is 6.58. The Kier molecular flexibility index (Phi) is 5.99. The smallest absolute Gasteiger partial charge is 0.325 e. The van der Waals surface area contributed by atoms with Crippen molar-refractivity contribution in [3.05, 3.63) is 40.8 Å². The Labute approximate surface area is 125 Å². The van der Waals surface area contributed by atoms with Gasteiger partial charge < -0.3 is 20.2 Å². The average Bonchev–Trinajstić information content (AvgIpc) is 2.53. The highest BCUT2D eigenvalue weighted by molar-refractivity contribution is 5.98. The molecular formula is C13H15N3O6. The Morgan fingerprint density at radius 2 is 1.86 bits per heavy atom. The third-order valence-electron chi connectivity index (χ3n) is 2.66. The number of ether oxygens (including phenoxy) is 1. The number of methoxy groups -OCH3 is 1. The molecule has 0 unspecified atom stereocenters. The van der Waals surface area contributed by atoms with E-state index in [2.05, 4.69) is 25.5 Å². The number of rotatable bonds is 7. The Bertz CT molecular complexity index is 562. The molecule has 9 nitrogen and oxygen atoms in total. The van der Waals surface area contributed by atoms with Crippen molar-refractivity contribution in [2.24, 2.45) is 5.34 Å². The topological polar surface area (TPSA) is 123 Å². The van der Waals surface area contributed by atoms with E-state index >= 15 is 0 Å². The van der Waals surface area contributed by atoms with Crippen LogP contribution in [0.3, 0.4) is 0 Å². The molecule has 9 heteroatoms. The first kappa shape index (κ1) is 17.1. The van der Waals surface area contributed by atoms with Gasteiger partial charge in [-0.15, -0.1) is 4.91 Å². The van der Waals surface area contributed by atoms with Crippen molar-refractivity contribution in [1.29, 1.82) is 0 Å². The molecule has 0 radical (unpaired) electrons. The molecule has 0 aliphatic carbocycles. The first-order valence-corrected chi connectivity index (χ1v) is 6.16. The quantitative estimate of drug-likeness (QED) is 0.319. The molecule has 1 rings (SSSR count). The van der Waals surface area contributed by atoms with Gasteiger partial charge in [-0.1, -0.05) is 18.2 Å². The molecule has 1 aromatic rings. The van der Waals surface area contributed by atoms with E-state index in [1.807, 2.05) is 0 Å². The van der Waals surface area contributed by atoms with Gasteiger partial charge in [0, 0.05) is 12.5 Å². The van der Waals surface area contributed by atoms with Crippen LogP contribution in [0.5, 0.6) is 0 Å².